The van der Waals surface area contributed by atoms with Gasteiger partial charge in [-0.1, -0.05) is 32.3 Å². The molecule has 0 aromatic heterocycles. The fourth-order valence-corrected chi connectivity index (χ4v) is 4.25. The Morgan fingerprint density at radius 3 is 2.42 bits per heavy atom. The number of allylic oxidation sites excluding steroid dienone is 1. The van der Waals surface area contributed by atoms with E-state index in [1.54, 1.807) is 13.8 Å². The number of hydrogen-bond acceptors (Lipinski definition) is 3. The van der Waals surface area contributed by atoms with Gasteiger partial charge in [0.05, 0.1) is 12.8 Å². The molecule has 0 aromatic carbocycles. The third kappa shape index (κ3) is 5.50. The van der Waals surface area contributed by atoms with Gasteiger partial charge in [-0.2, -0.15) is 0 Å². The topological polar surface area (TPSA) is 63.6 Å². The maximum absolute atomic E-state index is 12.4. The molecule has 1 aliphatic carbocycles. The largest absolute Gasteiger partial charge is 0.478 e. The first-order valence-corrected chi connectivity index (χ1v) is 9.17. The fourth-order valence-electron chi connectivity index (χ4n) is 2.52. The zero-order valence-corrected chi connectivity index (χ0v) is 12.8. The predicted octanol–water partition coefficient (Wildman–Crippen LogP) is 3.91. The van der Waals surface area contributed by atoms with Crippen LogP contribution >= 0.6 is 7.37 Å². The van der Waals surface area contributed by atoms with Crippen LogP contribution in [0.15, 0.2) is 11.6 Å². The van der Waals surface area contributed by atoms with Crippen LogP contribution in [0.25, 0.3) is 0 Å². The molecular formula is C14H25O4P. The number of rotatable bonds is 7. The van der Waals surface area contributed by atoms with Crippen molar-refractivity contribution in [3.8, 4) is 0 Å². The van der Waals surface area contributed by atoms with Crippen LogP contribution in [0.1, 0.15) is 46.0 Å². The summed E-state index contributed by atoms with van der Waals surface area (Å²) in [6.07, 6.45) is 7.90. The highest BCUT2D eigenvalue weighted by Crippen LogP contribution is 2.48. The van der Waals surface area contributed by atoms with Gasteiger partial charge < -0.3 is 9.63 Å². The van der Waals surface area contributed by atoms with Crippen molar-refractivity contribution in [2.45, 2.75) is 46.0 Å². The molecule has 1 N–H and O–H groups in total. The summed E-state index contributed by atoms with van der Waals surface area (Å²) in [5.41, 5.74) is 0.269. The zero-order valence-electron chi connectivity index (χ0n) is 11.9. The van der Waals surface area contributed by atoms with E-state index in [-0.39, 0.29) is 11.7 Å². The van der Waals surface area contributed by atoms with Gasteiger partial charge in [-0.05, 0) is 25.7 Å². The summed E-state index contributed by atoms with van der Waals surface area (Å²) in [4.78, 5) is 11.3. The fraction of sp³-hybridized carbons (Fsp3) is 0.786. The molecule has 4 nitrogen and oxygen atoms in total. The lowest BCUT2D eigenvalue weighted by atomic mass is 9.88. The van der Waals surface area contributed by atoms with Crippen LogP contribution in [-0.4, -0.2) is 30.0 Å². The quantitative estimate of drug-likeness (QED) is 0.570. The van der Waals surface area contributed by atoms with Crippen molar-refractivity contribution in [1.29, 1.82) is 0 Å². The van der Waals surface area contributed by atoms with Gasteiger partial charge in [0.25, 0.3) is 0 Å². The van der Waals surface area contributed by atoms with E-state index in [1.807, 2.05) is 6.08 Å². The molecule has 0 heterocycles. The molecule has 1 atom stereocenters. The van der Waals surface area contributed by atoms with Crippen molar-refractivity contribution in [3.05, 3.63) is 11.6 Å². The maximum atomic E-state index is 12.4. The van der Waals surface area contributed by atoms with Crippen molar-refractivity contribution in [1.82, 2.24) is 0 Å². The lowest BCUT2D eigenvalue weighted by Crippen LogP contribution is -2.12. The average molecular weight is 288 g/mol. The maximum Gasteiger partial charge on any atom is 0.331 e. The number of aliphatic carboxylic acids is 1. The molecule has 110 valence electrons. The number of hydrogen-bond donors (Lipinski definition) is 1. The Kier molecular flexibility index (Phi) is 6.81. The van der Waals surface area contributed by atoms with Gasteiger partial charge in [0.2, 0.25) is 7.37 Å². The lowest BCUT2D eigenvalue weighted by molar-refractivity contribution is -0.132. The van der Waals surface area contributed by atoms with E-state index in [2.05, 4.69) is 0 Å². The van der Waals surface area contributed by atoms with Crippen molar-refractivity contribution in [2.24, 2.45) is 5.92 Å². The molecule has 1 fully saturated rings. The van der Waals surface area contributed by atoms with Gasteiger partial charge >= 0.3 is 5.97 Å². The van der Waals surface area contributed by atoms with E-state index in [0.29, 0.717) is 18.7 Å². The summed E-state index contributed by atoms with van der Waals surface area (Å²) in [6, 6.07) is 0. The zero-order chi connectivity index (χ0) is 14.3. The number of carboxylic acids is 1. The Labute approximate surface area is 115 Å². The van der Waals surface area contributed by atoms with Gasteiger partial charge in [-0.25, -0.2) is 4.79 Å². The second-order valence-corrected chi connectivity index (χ2v) is 7.94. The second-order valence-electron chi connectivity index (χ2n) is 5.10. The molecule has 0 radical (unpaired) electrons. The minimum Gasteiger partial charge on any atom is -0.478 e. The highest BCUT2D eigenvalue weighted by molar-refractivity contribution is 7.59. The standard InChI is InChI=1S/C14H25O4P/c1-3-18-19(17,4-2)11-13(14(15)16)10-12-8-6-5-7-9-12/h10,12H,3-9,11H2,1-2H3,(H,15,16). The molecule has 0 bridgehead atoms. The van der Waals surface area contributed by atoms with E-state index in [4.69, 9.17) is 4.52 Å². The van der Waals surface area contributed by atoms with Crippen LogP contribution in [0, 0.1) is 5.92 Å². The molecule has 0 saturated heterocycles. The minimum atomic E-state index is -2.83. The minimum absolute atomic E-state index is 0.0587. The van der Waals surface area contributed by atoms with Crippen LogP contribution in [0.3, 0.4) is 0 Å². The Bertz CT molecular complexity index is 370. The van der Waals surface area contributed by atoms with Crippen LogP contribution in [0.2, 0.25) is 0 Å². The molecule has 1 rings (SSSR count). The van der Waals surface area contributed by atoms with E-state index >= 15 is 0 Å². The lowest BCUT2D eigenvalue weighted by Gasteiger charge is -2.21. The van der Waals surface area contributed by atoms with Gasteiger partial charge in [0.1, 0.15) is 0 Å². The number of carbonyl (C=O) groups is 1. The smallest absolute Gasteiger partial charge is 0.331 e. The summed E-state index contributed by atoms with van der Waals surface area (Å²) >= 11 is 0. The second kappa shape index (κ2) is 7.86. The Morgan fingerprint density at radius 1 is 1.32 bits per heavy atom. The van der Waals surface area contributed by atoms with Crippen LogP contribution < -0.4 is 0 Å². The third-order valence-electron chi connectivity index (χ3n) is 3.62. The Hall–Kier alpha value is -0.600. The van der Waals surface area contributed by atoms with Gasteiger partial charge in [0, 0.05) is 11.7 Å². The van der Waals surface area contributed by atoms with Crippen LogP contribution in [0.4, 0.5) is 0 Å². The molecule has 0 aliphatic heterocycles. The van der Waals surface area contributed by atoms with Gasteiger partial charge in [0.15, 0.2) is 0 Å². The van der Waals surface area contributed by atoms with Crippen LogP contribution in [-0.2, 0) is 13.9 Å². The third-order valence-corrected chi connectivity index (χ3v) is 6.13. The first-order valence-electron chi connectivity index (χ1n) is 7.17. The van der Waals surface area contributed by atoms with E-state index in [1.165, 1.54) is 6.42 Å². The summed E-state index contributed by atoms with van der Waals surface area (Å²) in [5, 5.41) is 9.29. The highest BCUT2D eigenvalue weighted by atomic mass is 31.2. The van der Waals surface area contributed by atoms with Crippen molar-refractivity contribution in [2.75, 3.05) is 18.9 Å². The molecule has 19 heavy (non-hydrogen) atoms. The monoisotopic (exact) mass is 288 g/mol. The summed E-state index contributed by atoms with van der Waals surface area (Å²) < 4.78 is 17.7. The number of carboxylic acid groups (broad SMARTS) is 1. The molecule has 1 unspecified atom stereocenters. The van der Waals surface area contributed by atoms with Crippen molar-refractivity contribution >= 4 is 13.3 Å². The average Bonchev–Trinajstić information content (AvgIpc) is 2.39. The van der Waals surface area contributed by atoms with E-state index < -0.39 is 13.3 Å². The van der Waals surface area contributed by atoms with Crippen LogP contribution in [0.5, 0.6) is 0 Å². The normalized spacial score (nSPS) is 21.1. The molecule has 0 spiro atoms. The molecular weight excluding hydrogens is 263 g/mol. The molecule has 1 saturated carbocycles. The summed E-state index contributed by atoms with van der Waals surface area (Å²) in [6.45, 7) is 3.94. The molecule has 1 aliphatic rings. The van der Waals surface area contributed by atoms with E-state index in [0.717, 1.165) is 25.7 Å². The van der Waals surface area contributed by atoms with E-state index in [9.17, 15) is 14.5 Å². The Morgan fingerprint density at radius 2 is 1.95 bits per heavy atom. The van der Waals surface area contributed by atoms with Gasteiger partial charge in [-0.15, -0.1) is 0 Å². The van der Waals surface area contributed by atoms with Crippen molar-refractivity contribution < 1.29 is 19.0 Å². The first-order chi connectivity index (χ1) is 9.00. The SMILES string of the molecule is CCOP(=O)(CC)CC(=CC1CCCCC1)C(=O)O. The highest BCUT2D eigenvalue weighted by Gasteiger charge is 2.26. The first kappa shape index (κ1) is 16.5. The van der Waals surface area contributed by atoms with Gasteiger partial charge in [-0.3, -0.25) is 4.57 Å². The summed E-state index contributed by atoms with van der Waals surface area (Å²) in [5.74, 6) is -0.634. The van der Waals surface area contributed by atoms with Crippen molar-refractivity contribution in [3.63, 3.8) is 0 Å². The summed E-state index contributed by atoms with van der Waals surface area (Å²) in [7, 11) is -2.83. The molecule has 0 aromatic rings. The molecule has 0 amide bonds. The Balaban J connectivity index is 2.79. The predicted molar refractivity (Wildman–Crippen MR) is 76.9 cm³/mol. The molecule has 5 heteroatoms.